The van der Waals surface area contributed by atoms with Crippen LogP contribution in [-0.4, -0.2) is 34.2 Å². The molecule has 144 valence electrons. The Labute approximate surface area is 169 Å². The number of thiazole rings is 1. The van der Waals surface area contributed by atoms with Crippen molar-refractivity contribution in [2.45, 2.75) is 13.0 Å². The topological polar surface area (TPSA) is 78.3 Å². The molecule has 0 radical (unpaired) electrons. The molecule has 0 spiro atoms. The highest BCUT2D eigenvalue weighted by Gasteiger charge is 2.15. The fourth-order valence-corrected chi connectivity index (χ4v) is 4.68. The average molecular weight is 415 g/mol. The van der Waals surface area contributed by atoms with Gasteiger partial charge < -0.3 is 19.4 Å². The molecule has 1 N–H and O–H groups in total. The number of hydrogen-bond donors (Lipinski definition) is 1. The average Bonchev–Trinajstić information content (AvgIpc) is 3.42. The maximum absolute atomic E-state index is 12.2. The van der Waals surface area contributed by atoms with Gasteiger partial charge in [0.2, 0.25) is 0 Å². The molecule has 0 bridgehead atoms. The van der Waals surface area contributed by atoms with Crippen LogP contribution < -0.4 is 10.1 Å². The zero-order valence-corrected chi connectivity index (χ0v) is 16.8. The van der Waals surface area contributed by atoms with Crippen LogP contribution in [0.4, 0.5) is 10.8 Å². The van der Waals surface area contributed by atoms with Crippen molar-refractivity contribution < 1.29 is 14.3 Å². The molecule has 0 amide bonds. The molecule has 3 aromatic heterocycles. The second kappa shape index (κ2) is 8.41. The summed E-state index contributed by atoms with van der Waals surface area (Å²) in [6, 6.07) is 9.50. The van der Waals surface area contributed by atoms with Gasteiger partial charge in [-0.1, -0.05) is 23.5 Å². The summed E-state index contributed by atoms with van der Waals surface area (Å²) in [6.07, 6.45) is 6.11. The lowest BCUT2D eigenvalue weighted by Gasteiger charge is -2.07. The minimum Gasteiger partial charge on any atom is -0.495 e. The Bertz CT molecular complexity index is 1040. The number of thiophene rings is 1. The molecule has 0 saturated heterocycles. The van der Waals surface area contributed by atoms with E-state index in [0.29, 0.717) is 11.5 Å². The summed E-state index contributed by atoms with van der Waals surface area (Å²) in [5, 5.41) is 4.02. The summed E-state index contributed by atoms with van der Waals surface area (Å²) >= 11 is 2.83. The summed E-state index contributed by atoms with van der Waals surface area (Å²) in [5.41, 5.74) is 0.851. The number of benzene rings is 1. The minimum atomic E-state index is -0.305. The maximum Gasteiger partial charge on any atom is 0.348 e. The Morgan fingerprint density at radius 1 is 1.29 bits per heavy atom. The first-order valence-electron chi connectivity index (χ1n) is 8.66. The predicted molar refractivity (Wildman–Crippen MR) is 111 cm³/mol. The van der Waals surface area contributed by atoms with Crippen LogP contribution in [0.1, 0.15) is 16.1 Å². The number of nitrogens with one attached hydrogen (secondary N) is 1. The summed E-state index contributed by atoms with van der Waals surface area (Å²) in [7, 11) is 1.63. The molecule has 4 aromatic rings. The number of fused-ring (bicyclic) bond motifs is 1. The molecule has 0 aliphatic rings. The molecule has 1 aromatic carbocycles. The molecule has 0 saturated carbocycles. The summed E-state index contributed by atoms with van der Waals surface area (Å²) < 4.78 is 13.6. The molecule has 0 atom stereocenters. The lowest BCUT2D eigenvalue weighted by molar-refractivity contribution is 0.0502. The van der Waals surface area contributed by atoms with Crippen molar-refractivity contribution in [1.82, 2.24) is 14.5 Å². The number of carbonyl (C=O) groups excluding carboxylic acids is 1. The fourth-order valence-electron chi connectivity index (χ4n) is 2.65. The molecule has 3 heterocycles. The van der Waals surface area contributed by atoms with Crippen molar-refractivity contribution >= 4 is 49.0 Å². The molecule has 0 fully saturated rings. The number of esters is 1. The Balaban J connectivity index is 1.36. The molecule has 7 nitrogen and oxygen atoms in total. The van der Waals surface area contributed by atoms with Gasteiger partial charge in [0.15, 0.2) is 5.13 Å². The van der Waals surface area contributed by atoms with E-state index < -0.39 is 0 Å². The zero-order chi connectivity index (χ0) is 19.3. The van der Waals surface area contributed by atoms with E-state index in [1.165, 1.54) is 22.7 Å². The normalized spacial score (nSPS) is 10.9. The number of carbonyl (C=O) groups is 1. The number of ether oxygens (including phenoxy) is 2. The number of anilines is 2. The second-order valence-electron chi connectivity index (χ2n) is 5.91. The Kier molecular flexibility index (Phi) is 5.54. The Morgan fingerprint density at radius 3 is 2.96 bits per heavy atom. The van der Waals surface area contributed by atoms with Crippen LogP contribution >= 0.6 is 22.7 Å². The van der Waals surface area contributed by atoms with Gasteiger partial charge in [-0.25, -0.2) is 14.8 Å². The minimum absolute atomic E-state index is 0.305. The van der Waals surface area contributed by atoms with Crippen LogP contribution in [0.25, 0.3) is 9.53 Å². The molecule has 28 heavy (non-hydrogen) atoms. The van der Waals surface area contributed by atoms with Crippen LogP contribution in [0.15, 0.2) is 49.1 Å². The highest BCUT2D eigenvalue weighted by atomic mass is 32.1. The highest BCUT2D eigenvalue weighted by molar-refractivity contribution is 7.29. The van der Waals surface area contributed by atoms with Gasteiger partial charge in [-0.3, -0.25) is 0 Å². The number of rotatable bonds is 8. The molecule has 0 aliphatic heterocycles. The van der Waals surface area contributed by atoms with E-state index in [-0.39, 0.29) is 5.97 Å². The van der Waals surface area contributed by atoms with Gasteiger partial charge in [0.05, 0.1) is 30.4 Å². The Morgan fingerprint density at radius 2 is 2.18 bits per heavy atom. The lowest BCUT2D eigenvalue weighted by Crippen LogP contribution is -2.07. The van der Waals surface area contributed by atoms with Crippen LogP contribution in [0.2, 0.25) is 0 Å². The van der Waals surface area contributed by atoms with Gasteiger partial charge in [0, 0.05) is 18.9 Å². The number of para-hydroxylation sites is 2. The molecular formula is C19H18N4O3S2. The fraction of sp³-hybridized carbons (Fsp3) is 0.211. The maximum atomic E-state index is 12.2. The number of aryl methyl sites for hydroxylation is 1. The molecular weight excluding hydrogens is 396 g/mol. The largest absolute Gasteiger partial charge is 0.495 e. The van der Waals surface area contributed by atoms with E-state index >= 15 is 0 Å². The van der Waals surface area contributed by atoms with Crippen molar-refractivity contribution in [1.29, 1.82) is 0 Å². The van der Waals surface area contributed by atoms with Gasteiger partial charge in [0.25, 0.3) is 0 Å². The number of methoxy groups -OCH3 is 1. The predicted octanol–water partition coefficient (Wildman–Crippen LogP) is 4.55. The molecule has 0 unspecified atom stereocenters. The standard InChI is InChI=1S/C19H18N4O3S2/c1-25-14-6-3-2-5-13(14)21-19-22-17-15(28-19)11-16(27-17)18(24)26-10-4-8-23-9-7-20-12-23/h2-3,5-7,9,11-12H,4,8,10H2,1H3,(H,21,22). The van der Waals surface area contributed by atoms with Crippen LogP contribution in [0.5, 0.6) is 5.75 Å². The molecule has 4 rings (SSSR count). The number of imidazole rings is 1. The van der Waals surface area contributed by atoms with E-state index in [4.69, 9.17) is 9.47 Å². The quantitative estimate of drug-likeness (QED) is 0.337. The van der Waals surface area contributed by atoms with Gasteiger partial charge in [-0.05, 0) is 24.6 Å². The van der Waals surface area contributed by atoms with Crippen molar-refractivity contribution in [3.63, 3.8) is 0 Å². The first-order chi connectivity index (χ1) is 13.7. The number of hydrogen-bond acceptors (Lipinski definition) is 8. The van der Waals surface area contributed by atoms with Crippen molar-refractivity contribution in [3.8, 4) is 5.75 Å². The summed E-state index contributed by atoms with van der Waals surface area (Å²) in [6.45, 7) is 1.14. The van der Waals surface area contributed by atoms with Crippen molar-refractivity contribution in [2.24, 2.45) is 0 Å². The van der Waals surface area contributed by atoms with Gasteiger partial charge in [-0.2, -0.15) is 0 Å². The third-order valence-corrected chi connectivity index (χ3v) is 6.05. The van der Waals surface area contributed by atoms with E-state index in [9.17, 15) is 4.79 Å². The van der Waals surface area contributed by atoms with Crippen LogP contribution in [-0.2, 0) is 11.3 Å². The first kappa shape index (κ1) is 18.5. The zero-order valence-electron chi connectivity index (χ0n) is 15.1. The first-order valence-corrected chi connectivity index (χ1v) is 10.3. The SMILES string of the molecule is COc1ccccc1Nc1nc2sc(C(=O)OCCCn3ccnc3)cc2s1. The van der Waals surface area contributed by atoms with E-state index in [2.05, 4.69) is 15.3 Å². The van der Waals surface area contributed by atoms with E-state index in [0.717, 1.165) is 39.1 Å². The smallest absolute Gasteiger partial charge is 0.348 e. The van der Waals surface area contributed by atoms with Crippen LogP contribution in [0, 0.1) is 0 Å². The van der Waals surface area contributed by atoms with Crippen LogP contribution in [0.3, 0.4) is 0 Å². The van der Waals surface area contributed by atoms with Gasteiger partial charge in [-0.15, -0.1) is 11.3 Å². The molecule has 0 aliphatic carbocycles. The third kappa shape index (κ3) is 4.15. The van der Waals surface area contributed by atoms with Gasteiger partial charge in [0.1, 0.15) is 15.5 Å². The van der Waals surface area contributed by atoms with Gasteiger partial charge >= 0.3 is 5.97 Å². The number of nitrogens with zero attached hydrogens (tertiary/aromatic N) is 3. The summed E-state index contributed by atoms with van der Waals surface area (Å²) in [4.78, 5) is 22.2. The van der Waals surface area contributed by atoms with E-state index in [1.54, 1.807) is 19.6 Å². The van der Waals surface area contributed by atoms with E-state index in [1.807, 2.05) is 41.1 Å². The van der Waals surface area contributed by atoms with Crippen molar-refractivity contribution in [3.05, 3.63) is 53.9 Å². The third-order valence-electron chi connectivity index (χ3n) is 3.99. The monoisotopic (exact) mass is 414 g/mol. The Hall–Kier alpha value is -2.91. The molecule has 9 heteroatoms. The lowest BCUT2D eigenvalue weighted by atomic mass is 10.3. The summed E-state index contributed by atoms with van der Waals surface area (Å²) in [5.74, 6) is 0.445. The highest BCUT2D eigenvalue weighted by Crippen LogP contribution is 2.36. The number of aromatic nitrogens is 3. The van der Waals surface area contributed by atoms with Crippen molar-refractivity contribution in [2.75, 3.05) is 19.0 Å². The second-order valence-corrected chi connectivity index (χ2v) is 7.98.